The molecule has 126 valence electrons. The van der Waals surface area contributed by atoms with Crippen LogP contribution in [-0.2, 0) is 0 Å². The highest BCUT2D eigenvalue weighted by atomic mass is 19.1. The summed E-state index contributed by atoms with van der Waals surface area (Å²) in [6.07, 6.45) is -0.577. The van der Waals surface area contributed by atoms with Crippen LogP contribution < -0.4 is 9.80 Å². The maximum Gasteiger partial charge on any atom is 0.262 e. The van der Waals surface area contributed by atoms with Gasteiger partial charge in [0.15, 0.2) is 0 Å². The molecule has 3 aromatic rings. The normalized spacial score (nSPS) is 17.8. The minimum atomic E-state index is -0.577. The predicted octanol–water partition coefficient (Wildman–Crippen LogP) is 4.15. The number of rotatable bonds is 1. The van der Waals surface area contributed by atoms with Gasteiger partial charge in [-0.15, -0.1) is 0 Å². The van der Waals surface area contributed by atoms with Gasteiger partial charge in [-0.2, -0.15) is 0 Å². The molecule has 0 spiro atoms. The number of fused-ring (bicyclic) bond motifs is 5. The SMILES string of the molecule is O=C1c2ccccc2N2C(=O)c3ccccc3[C@@H]2N1c1ccc(F)cc1. The summed E-state index contributed by atoms with van der Waals surface area (Å²) >= 11 is 0. The van der Waals surface area contributed by atoms with Gasteiger partial charge in [0.1, 0.15) is 12.0 Å². The maximum atomic E-state index is 13.4. The standard InChI is InChI=1S/C21H13FN2O2/c22-13-9-11-14(12-10-13)23-19-15-5-1-2-6-16(15)20(25)24(19)18-8-4-3-7-17(18)21(23)26/h1-12,19H/t19-/m1/s1. The lowest BCUT2D eigenvalue weighted by atomic mass is 10.0. The summed E-state index contributed by atoms with van der Waals surface area (Å²) in [5.41, 5.74) is 2.94. The molecule has 0 saturated carbocycles. The second kappa shape index (κ2) is 5.26. The Kier molecular flexibility index (Phi) is 3.00. The second-order valence-electron chi connectivity index (χ2n) is 6.30. The van der Waals surface area contributed by atoms with Crippen LogP contribution in [0.2, 0.25) is 0 Å². The van der Waals surface area contributed by atoms with Gasteiger partial charge in [0.05, 0.1) is 11.3 Å². The third-order valence-electron chi connectivity index (χ3n) is 4.89. The third-order valence-corrected chi connectivity index (χ3v) is 4.89. The highest BCUT2D eigenvalue weighted by molar-refractivity contribution is 6.21. The topological polar surface area (TPSA) is 40.6 Å². The van der Waals surface area contributed by atoms with Crippen molar-refractivity contribution in [1.82, 2.24) is 0 Å². The Hall–Kier alpha value is -3.47. The molecule has 0 saturated heterocycles. The maximum absolute atomic E-state index is 13.4. The number of anilines is 2. The molecule has 1 atom stereocenters. The van der Waals surface area contributed by atoms with Gasteiger partial charge in [0.2, 0.25) is 0 Å². The summed E-state index contributed by atoms with van der Waals surface area (Å²) in [6.45, 7) is 0. The van der Waals surface area contributed by atoms with Crippen LogP contribution in [0.25, 0.3) is 0 Å². The van der Waals surface area contributed by atoms with E-state index in [4.69, 9.17) is 0 Å². The Morgan fingerprint density at radius 3 is 2.08 bits per heavy atom. The van der Waals surface area contributed by atoms with Crippen LogP contribution in [0.4, 0.5) is 15.8 Å². The highest BCUT2D eigenvalue weighted by Crippen LogP contribution is 2.46. The summed E-state index contributed by atoms with van der Waals surface area (Å²) < 4.78 is 13.4. The van der Waals surface area contributed by atoms with Crippen LogP contribution in [0.5, 0.6) is 0 Å². The first-order chi connectivity index (χ1) is 12.7. The van der Waals surface area contributed by atoms with E-state index < -0.39 is 6.17 Å². The van der Waals surface area contributed by atoms with E-state index in [0.717, 1.165) is 5.56 Å². The molecule has 2 aliphatic rings. The molecule has 0 radical (unpaired) electrons. The molecule has 5 heteroatoms. The molecule has 3 aromatic carbocycles. The van der Waals surface area contributed by atoms with E-state index in [1.165, 1.54) is 12.1 Å². The van der Waals surface area contributed by atoms with Crippen molar-refractivity contribution in [3.05, 3.63) is 95.3 Å². The molecule has 0 bridgehead atoms. The summed E-state index contributed by atoms with van der Waals surface area (Å²) in [4.78, 5) is 29.5. The molecule has 0 aliphatic carbocycles. The Labute approximate surface area is 149 Å². The number of para-hydroxylation sites is 1. The number of hydrogen-bond donors (Lipinski definition) is 0. The zero-order chi connectivity index (χ0) is 17.8. The van der Waals surface area contributed by atoms with Crippen molar-refractivity contribution in [2.24, 2.45) is 0 Å². The van der Waals surface area contributed by atoms with E-state index >= 15 is 0 Å². The number of benzene rings is 3. The quantitative estimate of drug-likeness (QED) is 0.665. The molecule has 2 aliphatic heterocycles. The summed E-state index contributed by atoms with van der Waals surface area (Å²) in [6, 6.07) is 20.1. The number of amides is 2. The van der Waals surface area contributed by atoms with E-state index in [-0.39, 0.29) is 17.6 Å². The van der Waals surface area contributed by atoms with Crippen LogP contribution >= 0.6 is 0 Å². The largest absolute Gasteiger partial charge is 0.283 e. The Balaban J connectivity index is 1.79. The zero-order valence-electron chi connectivity index (χ0n) is 13.6. The number of carbonyl (C=O) groups excluding carboxylic acids is 2. The van der Waals surface area contributed by atoms with Crippen molar-refractivity contribution < 1.29 is 14.0 Å². The first kappa shape index (κ1) is 14.8. The number of hydrogen-bond acceptors (Lipinski definition) is 2. The Morgan fingerprint density at radius 2 is 1.31 bits per heavy atom. The minimum Gasteiger partial charge on any atom is -0.283 e. The lowest BCUT2D eigenvalue weighted by Gasteiger charge is -2.40. The average Bonchev–Trinajstić information content (AvgIpc) is 2.97. The lowest BCUT2D eigenvalue weighted by Crippen LogP contribution is -2.48. The van der Waals surface area contributed by atoms with E-state index in [9.17, 15) is 14.0 Å². The van der Waals surface area contributed by atoms with Crippen molar-refractivity contribution in [1.29, 1.82) is 0 Å². The molecule has 4 nitrogen and oxygen atoms in total. The van der Waals surface area contributed by atoms with Gasteiger partial charge < -0.3 is 0 Å². The van der Waals surface area contributed by atoms with Gasteiger partial charge in [0.25, 0.3) is 11.8 Å². The molecule has 2 amide bonds. The van der Waals surface area contributed by atoms with E-state index in [1.807, 2.05) is 24.3 Å². The van der Waals surface area contributed by atoms with E-state index in [0.29, 0.717) is 22.5 Å². The van der Waals surface area contributed by atoms with Gasteiger partial charge in [0, 0.05) is 16.8 Å². The number of nitrogens with zero attached hydrogens (tertiary/aromatic N) is 2. The van der Waals surface area contributed by atoms with Crippen molar-refractivity contribution >= 4 is 23.2 Å². The van der Waals surface area contributed by atoms with Crippen LogP contribution in [0.15, 0.2) is 72.8 Å². The summed E-state index contributed by atoms with van der Waals surface area (Å²) in [5, 5.41) is 0. The molecule has 5 rings (SSSR count). The molecule has 0 unspecified atom stereocenters. The van der Waals surface area contributed by atoms with Gasteiger partial charge in [-0.05, 0) is 42.5 Å². The third kappa shape index (κ3) is 1.88. The van der Waals surface area contributed by atoms with Gasteiger partial charge >= 0.3 is 0 Å². The number of carbonyl (C=O) groups is 2. The molecule has 2 heterocycles. The zero-order valence-corrected chi connectivity index (χ0v) is 13.6. The van der Waals surface area contributed by atoms with Gasteiger partial charge in [-0.1, -0.05) is 30.3 Å². The first-order valence-electron chi connectivity index (χ1n) is 8.27. The van der Waals surface area contributed by atoms with Crippen LogP contribution in [0.1, 0.15) is 32.4 Å². The fraction of sp³-hybridized carbons (Fsp3) is 0.0476. The lowest BCUT2D eigenvalue weighted by molar-refractivity contribution is 0.0949. The fourth-order valence-electron chi connectivity index (χ4n) is 3.76. The summed E-state index contributed by atoms with van der Waals surface area (Å²) in [7, 11) is 0. The molecular formula is C21H13FN2O2. The smallest absolute Gasteiger partial charge is 0.262 e. The summed E-state index contributed by atoms with van der Waals surface area (Å²) in [5.74, 6) is -0.728. The second-order valence-corrected chi connectivity index (χ2v) is 6.30. The fourth-order valence-corrected chi connectivity index (χ4v) is 3.76. The van der Waals surface area contributed by atoms with Crippen molar-refractivity contribution in [2.45, 2.75) is 6.17 Å². The Morgan fingerprint density at radius 1 is 0.692 bits per heavy atom. The van der Waals surface area contributed by atoms with Gasteiger partial charge in [-0.25, -0.2) is 4.39 Å². The van der Waals surface area contributed by atoms with Crippen molar-refractivity contribution in [3.63, 3.8) is 0 Å². The van der Waals surface area contributed by atoms with Gasteiger partial charge in [-0.3, -0.25) is 19.4 Å². The first-order valence-corrected chi connectivity index (χ1v) is 8.27. The monoisotopic (exact) mass is 344 g/mol. The predicted molar refractivity (Wildman–Crippen MR) is 95.6 cm³/mol. The average molecular weight is 344 g/mol. The van der Waals surface area contributed by atoms with Crippen LogP contribution in [0.3, 0.4) is 0 Å². The molecule has 0 aromatic heterocycles. The van der Waals surface area contributed by atoms with Crippen LogP contribution in [-0.4, -0.2) is 11.8 Å². The van der Waals surface area contributed by atoms with E-state index in [1.54, 1.807) is 46.2 Å². The molecular weight excluding hydrogens is 331 g/mol. The number of halogens is 1. The molecule has 0 N–H and O–H groups in total. The molecule has 0 fully saturated rings. The van der Waals surface area contributed by atoms with Crippen LogP contribution in [0, 0.1) is 5.82 Å². The van der Waals surface area contributed by atoms with Crippen molar-refractivity contribution in [2.75, 3.05) is 9.80 Å². The highest BCUT2D eigenvalue weighted by Gasteiger charge is 2.48. The Bertz CT molecular complexity index is 1060. The minimum absolute atomic E-state index is 0.141. The molecule has 26 heavy (non-hydrogen) atoms. The van der Waals surface area contributed by atoms with E-state index in [2.05, 4.69) is 0 Å². The van der Waals surface area contributed by atoms with Crippen molar-refractivity contribution in [3.8, 4) is 0 Å².